The van der Waals surface area contributed by atoms with Crippen LogP contribution in [-0.4, -0.2) is 43.0 Å². The van der Waals surface area contributed by atoms with E-state index >= 15 is 0 Å². The Morgan fingerprint density at radius 1 is 1.47 bits per heavy atom. The van der Waals surface area contributed by atoms with Gasteiger partial charge in [0.1, 0.15) is 0 Å². The fraction of sp³-hybridized carbons (Fsp3) is 0.643. The molecule has 0 aliphatic carbocycles. The predicted molar refractivity (Wildman–Crippen MR) is 79.5 cm³/mol. The van der Waals surface area contributed by atoms with Crippen molar-refractivity contribution < 1.29 is 4.79 Å². The van der Waals surface area contributed by atoms with Crippen molar-refractivity contribution in [2.45, 2.75) is 33.4 Å². The molecule has 5 heteroatoms. The van der Waals surface area contributed by atoms with Crippen LogP contribution < -0.4 is 10.6 Å². The first kappa shape index (κ1) is 14.5. The first-order valence-electron chi connectivity index (χ1n) is 6.86. The summed E-state index contributed by atoms with van der Waals surface area (Å²) >= 11 is 1.77. The second-order valence-electron chi connectivity index (χ2n) is 5.13. The summed E-state index contributed by atoms with van der Waals surface area (Å²) in [7, 11) is 0. The van der Waals surface area contributed by atoms with Gasteiger partial charge in [-0.1, -0.05) is 0 Å². The minimum Gasteiger partial charge on any atom is -0.350 e. The van der Waals surface area contributed by atoms with Gasteiger partial charge < -0.3 is 10.6 Å². The molecule has 1 unspecified atom stereocenters. The van der Waals surface area contributed by atoms with E-state index in [-0.39, 0.29) is 11.9 Å². The lowest BCUT2D eigenvalue weighted by Gasteiger charge is -2.31. The summed E-state index contributed by atoms with van der Waals surface area (Å²) in [6.07, 6.45) is 0. The fourth-order valence-electron chi connectivity index (χ4n) is 2.29. The van der Waals surface area contributed by atoms with Gasteiger partial charge in [0.05, 0.1) is 12.6 Å². The third-order valence-corrected chi connectivity index (χ3v) is 4.89. The van der Waals surface area contributed by atoms with E-state index in [1.165, 1.54) is 15.3 Å². The molecular weight excluding hydrogens is 258 g/mol. The molecule has 1 atom stereocenters. The summed E-state index contributed by atoms with van der Waals surface area (Å²) in [6, 6.07) is 2.12. The Bertz CT molecular complexity index is 418. The first-order valence-corrected chi connectivity index (χ1v) is 7.68. The van der Waals surface area contributed by atoms with Crippen molar-refractivity contribution in [3.63, 3.8) is 0 Å². The third kappa shape index (κ3) is 3.78. The van der Waals surface area contributed by atoms with Crippen molar-refractivity contribution in [1.82, 2.24) is 15.5 Å². The van der Waals surface area contributed by atoms with E-state index in [9.17, 15) is 4.79 Å². The number of hydrogen-bond acceptors (Lipinski definition) is 4. The quantitative estimate of drug-likeness (QED) is 0.874. The van der Waals surface area contributed by atoms with Gasteiger partial charge in [-0.25, -0.2) is 0 Å². The molecule has 2 N–H and O–H groups in total. The standard InChI is InChI=1S/C14H23N3OS/c1-10-8-13(19-12(10)3)9-16-14(18)11(2)17-6-4-15-5-7-17/h8,11,15H,4-7,9H2,1-3H3,(H,16,18). The summed E-state index contributed by atoms with van der Waals surface area (Å²) in [5, 5.41) is 6.35. The van der Waals surface area contributed by atoms with Gasteiger partial charge in [0.2, 0.25) is 5.91 Å². The van der Waals surface area contributed by atoms with Gasteiger partial charge in [-0.05, 0) is 32.4 Å². The minimum absolute atomic E-state index is 0.0377. The second kappa shape index (κ2) is 6.50. The van der Waals surface area contributed by atoms with Gasteiger partial charge >= 0.3 is 0 Å². The molecule has 1 aliphatic rings. The zero-order valence-corrected chi connectivity index (χ0v) is 12.8. The van der Waals surface area contributed by atoms with E-state index < -0.39 is 0 Å². The number of nitrogens with zero attached hydrogens (tertiary/aromatic N) is 1. The van der Waals surface area contributed by atoms with Crippen molar-refractivity contribution >= 4 is 17.2 Å². The molecule has 1 aliphatic heterocycles. The topological polar surface area (TPSA) is 44.4 Å². The van der Waals surface area contributed by atoms with Gasteiger partial charge in [-0.3, -0.25) is 9.69 Å². The van der Waals surface area contributed by atoms with E-state index in [0.29, 0.717) is 6.54 Å². The van der Waals surface area contributed by atoms with Gasteiger partial charge in [-0.2, -0.15) is 0 Å². The summed E-state index contributed by atoms with van der Waals surface area (Å²) in [5.41, 5.74) is 1.31. The van der Waals surface area contributed by atoms with E-state index in [1.807, 2.05) is 6.92 Å². The van der Waals surface area contributed by atoms with E-state index in [2.05, 4.69) is 35.4 Å². The van der Waals surface area contributed by atoms with E-state index in [1.54, 1.807) is 11.3 Å². The highest BCUT2D eigenvalue weighted by Crippen LogP contribution is 2.20. The normalized spacial score (nSPS) is 18.3. The molecule has 1 aromatic rings. The lowest BCUT2D eigenvalue weighted by Crippen LogP contribution is -2.52. The molecule has 2 rings (SSSR count). The molecule has 106 valence electrons. The number of carbonyl (C=O) groups excluding carboxylic acids is 1. The number of piperazine rings is 1. The van der Waals surface area contributed by atoms with Crippen LogP contribution in [0.1, 0.15) is 22.2 Å². The van der Waals surface area contributed by atoms with Crippen LogP contribution in [0.25, 0.3) is 0 Å². The molecule has 0 radical (unpaired) electrons. The predicted octanol–water partition coefficient (Wildman–Crippen LogP) is 1.27. The Morgan fingerprint density at radius 2 is 2.16 bits per heavy atom. The number of thiophene rings is 1. The Hall–Kier alpha value is -0.910. The molecule has 1 amide bonds. The molecule has 0 bridgehead atoms. The average molecular weight is 281 g/mol. The van der Waals surface area contributed by atoms with Crippen molar-refractivity contribution in [2.24, 2.45) is 0 Å². The largest absolute Gasteiger partial charge is 0.350 e. The average Bonchev–Trinajstić information content (AvgIpc) is 2.75. The zero-order valence-electron chi connectivity index (χ0n) is 12.0. The van der Waals surface area contributed by atoms with Gasteiger partial charge in [0, 0.05) is 35.9 Å². The smallest absolute Gasteiger partial charge is 0.237 e. The number of aryl methyl sites for hydroxylation is 2. The Balaban J connectivity index is 1.83. The second-order valence-corrected chi connectivity index (χ2v) is 6.47. The monoisotopic (exact) mass is 281 g/mol. The van der Waals surface area contributed by atoms with Gasteiger partial charge in [0.25, 0.3) is 0 Å². The number of carbonyl (C=O) groups is 1. The molecule has 4 nitrogen and oxygen atoms in total. The number of hydrogen-bond donors (Lipinski definition) is 2. The van der Waals surface area contributed by atoms with E-state index in [0.717, 1.165) is 26.2 Å². The minimum atomic E-state index is -0.0377. The van der Waals surface area contributed by atoms with Crippen LogP contribution in [0.4, 0.5) is 0 Å². The molecule has 0 saturated carbocycles. The van der Waals surface area contributed by atoms with Crippen molar-refractivity contribution in [3.8, 4) is 0 Å². The highest BCUT2D eigenvalue weighted by Gasteiger charge is 2.22. The summed E-state index contributed by atoms with van der Waals surface area (Å²) < 4.78 is 0. The van der Waals surface area contributed by atoms with Crippen LogP contribution in [0.15, 0.2) is 6.07 Å². The summed E-state index contributed by atoms with van der Waals surface area (Å²) in [5.74, 6) is 0.130. The fourth-order valence-corrected chi connectivity index (χ4v) is 3.29. The third-order valence-electron chi connectivity index (χ3n) is 3.73. The van der Waals surface area contributed by atoms with Crippen LogP contribution in [-0.2, 0) is 11.3 Å². The maximum Gasteiger partial charge on any atom is 0.237 e. The molecule has 0 aromatic carbocycles. The van der Waals surface area contributed by atoms with Crippen molar-refractivity contribution in [3.05, 3.63) is 21.4 Å². The van der Waals surface area contributed by atoms with Crippen LogP contribution in [0.3, 0.4) is 0 Å². The number of nitrogens with one attached hydrogen (secondary N) is 2. The molecule has 1 saturated heterocycles. The number of rotatable bonds is 4. The highest BCUT2D eigenvalue weighted by molar-refractivity contribution is 7.12. The molecule has 19 heavy (non-hydrogen) atoms. The molecule has 1 fully saturated rings. The lowest BCUT2D eigenvalue weighted by atomic mass is 10.2. The maximum atomic E-state index is 12.1. The lowest BCUT2D eigenvalue weighted by molar-refractivity contribution is -0.126. The highest BCUT2D eigenvalue weighted by atomic mass is 32.1. The first-order chi connectivity index (χ1) is 9.08. The Kier molecular flexibility index (Phi) is 4.96. The zero-order chi connectivity index (χ0) is 13.8. The van der Waals surface area contributed by atoms with Crippen LogP contribution in [0.5, 0.6) is 0 Å². The molecular formula is C14H23N3OS. The molecule has 0 spiro atoms. The molecule has 1 aromatic heterocycles. The Labute approximate surface area is 119 Å². The van der Waals surface area contributed by atoms with Crippen LogP contribution in [0, 0.1) is 13.8 Å². The van der Waals surface area contributed by atoms with Crippen molar-refractivity contribution in [2.75, 3.05) is 26.2 Å². The van der Waals surface area contributed by atoms with E-state index in [4.69, 9.17) is 0 Å². The van der Waals surface area contributed by atoms with Gasteiger partial charge in [0.15, 0.2) is 0 Å². The summed E-state index contributed by atoms with van der Waals surface area (Å²) in [4.78, 5) is 16.9. The van der Waals surface area contributed by atoms with Crippen LogP contribution >= 0.6 is 11.3 Å². The summed E-state index contributed by atoms with van der Waals surface area (Å²) in [6.45, 7) is 10.7. The van der Waals surface area contributed by atoms with Gasteiger partial charge in [-0.15, -0.1) is 11.3 Å². The van der Waals surface area contributed by atoms with Crippen molar-refractivity contribution in [1.29, 1.82) is 0 Å². The SMILES string of the molecule is Cc1cc(CNC(=O)C(C)N2CCNCC2)sc1C. The maximum absolute atomic E-state index is 12.1. The molecule has 2 heterocycles. The Morgan fingerprint density at radius 3 is 2.74 bits per heavy atom. The number of amides is 1. The van der Waals surface area contributed by atoms with Crippen LogP contribution in [0.2, 0.25) is 0 Å².